The lowest BCUT2D eigenvalue weighted by atomic mass is 9.90. The standard InChI is InChI=1S/C20H19Cl3FNO3S/c21-15-9-16(22)11-18(10-15)29(27,28)25-7-5-14(6-8-25)20(26)4-2-13-1-3-17(24)12-19(13)23/h1,3,9-12,14H,2,4-8H2. The van der Waals surface area contributed by atoms with Gasteiger partial charge in [0.1, 0.15) is 11.6 Å². The number of aryl methyl sites for hydroxylation is 1. The highest BCUT2D eigenvalue weighted by atomic mass is 35.5. The molecule has 0 aromatic heterocycles. The van der Waals surface area contributed by atoms with Crippen LogP contribution in [-0.2, 0) is 21.2 Å². The highest BCUT2D eigenvalue weighted by molar-refractivity contribution is 7.89. The van der Waals surface area contributed by atoms with Gasteiger partial charge in [0.25, 0.3) is 0 Å². The highest BCUT2D eigenvalue weighted by Gasteiger charge is 2.32. The Bertz CT molecular complexity index is 1000. The molecule has 0 aliphatic carbocycles. The third-order valence-corrected chi connectivity index (χ3v) is 7.70. The van der Waals surface area contributed by atoms with Crippen molar-refractivity contribution in [1.82, 2.24) is 4.31 Å². The van der Waals surface area contributed by atoms with Gasteiger partial charge in [0.05, 0.1) is 4.90 Å². The number of carbonyl (C=O) groups excluding carboxylic acids is 1. The summed E-state index contributed by atoms with van der Waals surface area (Å²) in [5, 5.41) is 0.806. The summed E-state index contributed by atoms with van der Waals surface area (Å²) in [6, 6.07) is 8.33. The van der Waals surface area contributed by atoms with E-state index in [4.69, 9.17) is 34.8 Å². The van der Waals surface area contributed by atoms with Crippen molar-refractivity contribution >= 4 is 50.6 Å². The number of Topliss-reactive ketones (excluding diaryl/α,β-unsaturated/α-hetero) is 1. The minimum Gasteiger partial charge on any atom is -0.299 e. The highest BCUT2D eigenvalue weighted by Crippen LogP contribution is 2.29. The second-order valence-electron chi connectivity index (χ2n) is 6.99. The number of hydrogen-bond acceptors (Lipinski definition) is 3. The van der Waals surface area contributed by atoms with Crippen molar-refractivity contribution in [3.05, 3.63) is 62.8 Å². The number of sulfonamides is 1. The topological polar surface area (TPSA) is 54.5 Å². The van der Waals surface area contributed by atoms with Crippen molar-refractivity contribution in [1.29, 1.82) is 0 Å². The third kappa shape index (κ3) is 5.50. The van der Waals surface area contributed by atoms with Crippen LogP contribution in [0.4, 0.5) is 4.39 Å². The Kier molecular flexibility index (Phi) is 7.23. The fourth-order valence-electron chi connectivity index (χ4n) is 3.43. The number of benzene rings is 2. The summed E-state index contributed by atoms with van der Waals surface area (Å²) in [5.41, 5.74) is 0.722. The molecule has 9 heteroatoms. The molecule has 0 N–H and O–H groups in total. The molecule has 3 rings (SSSR count). The maximum atomic E-state index is 13.1. The maximum Gasteiger partial charge on any atom is 0.243 e. The zero-order chi connectivity index (χ0) is 21.2. The van der Waals surface area contributed by atoms with Gasteiger partial charge in [-0.15, -0.1) is 0 Å². The molecule has 0 spiro atoms. The normalized spacial score (nSPS) is 16.1. The summed E-state index contributed by atoms with van der Waals surface area (Å²) < 4.78 is 40.1. The summed E-state index contributed by atoms with van der Waals surface area (Å²) >= 11 is 17.9. The Morgan fingerprint density at radius 2 is 1.66 bits per heavy atom. The average molecular weight is 479 g/mol. The molecule has 1 heterocycles. The number of carbonyl (C=O) groups is 1. The predicted molar refractivity (Wildman–Crippen MR) is 113 cm³/mol. The number of halogens is 4. The van der Waals surface area contributed by atoms with Gasteiger partial charge in [0, 0.05) is 40.5 Å². The largest absolute Gasteiger partial charge is 0.299 e. The van der Waals surface area contributed by atoms with E-state index in [1.165, 1.54) is 34.6 Å². The van der Waals surface area contributed by atoms with Crippen LogP contribution in [0.25, 0.3) is 0 Å². The molecule has 0 amide bonds. The lowest BCUT2D eigenvalue weighted by Crippen LogP contribution is -2.40. The summed E-state index contributed by atoms with van der Waals surface area (Å²) in [5.74, 6) is -0.559. The zero-order valence-electron chi connectivity index (χ0n) is 15.4. The van der Waals surface area contributed by atoms with Gasteiger partial charge in [-0.05, 0) is 55.2 Å². The molecule has 0 atom stereocenters. The first-order valence-electron chi connectivity index (χ1n) is 9.09. The smallest absolute Gasteiger partial charge is 0.243 e. The Morgan fingerprint density at radius 1 is 1.03 bits per heavy atom. The number of rotatable bonds is 6. The molecule has 2 aromatic rings. The fourth-order valence-corrected chi connectivity index (χ4v) is 5.89. The molecule has 4 nitrogen and oxygen atoms in total. The molecule has 0 saturated carbocycles. The van der Waals surface area contributed by atoms with Gasteiger partial charge in [-0.1, -0.05) is 40.9 Å². The Balaban J connectivity index is 1.58. The number of piperidine rings is 1. The van der Waals surface area contributed by atoms with Crippen LogP contribution in [0, 0.1) is 11.7 Å². The van der Waals surface area contributed by atoms with Crippen LogP contribution in [0.5, 0.6) is 0 Å². The quantitative estimate of drug-likeness (QED) is 0.559. The maximum absolute atomic E-state index is 13.1. The molecule has 2 aromatic carbocycles. The molecule has 1 fully saturated rings. The molecule has 0 bridgehead atoms. The van der Waals surface area contributed by atoms with Crippen LogP contribution in [0.3, 0.4) is 0 Å². The SMILES string of the molecule is O=C(CCc1ccc(F)cc1Cl)C1CCN(S(=O)(=O)c2cc(Cl)cc(Cl)c2)CC1. The third-order valence-electron chi connectivity index (χ3n) is 5.04. The summed E-state index contributed by atoms with van der Waals surface area (Å²) in [7, 11) is -3.72. The van der Waals surface area contributed by atoms with Gasteiger partial charge in [0.15, 0.2) is 0 Å². The number of ketones is 1. The predicted octanol–water partition coefficient (Wildman–Crippen LogP) is 5.39. The van der Waals surface area contributed by atoms with Crippen molar-refractivity contribution in [2.45, 2.75) is 30.6 Å². The first-order chi connectivity index (χ1) is 13.7. The van der Waals surface area contributed by atoms with Crippen LogP contribution in [0.1, 0.15) is 24.8 Å². The zero-order valence-corrected chi connectivity index (χ0v) is 18.5. The van der Waals surface area contributed by atoms with Gasteiger partial charge < -0.3 is 0 Å². The molecule has 0 unspecified atom stereocenters. The van der Waals surface area contributed by atoms with Gasteiger partial charge in [-0.3, -0.25) is 4.79 Å². The van der Waals surface area contributed by atoms with Crippen LogP contribution < -0.4 is 0 Å². The van der Waals surface area contributed by atoms with E-state index >= 15 is 0 Å². The Labute approximate surface area is 184 Å². The van der Waals surface area contributed by atoms with Crippen LogP contribution in [0.2, 0.25) is 15.1 Å². The Morgan fingerprint density at radius 3 is 2.24 bits per heavy atom. The Hall–Kier alpha value is -1.18. The first-order valence-corrected chi connectivity index (χ1v) is 11.7. The lowest BCUT2D eigenvalue weighted by molar-refractivity contribution is -0.123. The molecule has 1 aliphatic heterocycles. The molecular weight excluding hydrogens is 460 g/mol. The van der Waals surface area contributed by atoms with E-state index in [2.05, 4.69) is 0 Å². The van der Waals surface area contributed by atoms with E-state index in [0.717, 1.165) is 5.56 Å². The van der Waals surface area contributed by atoms with E-state index in [1.807, 2.05) is 0 Å². The summed E-state index contributed by atoms with van der Waals surface area (Å²) in [4.78, 5) is 12.6. The van der Waals surface area contributed by atoms with Crippen LogP contribution in [0.15, 0.2) is 41.3 Å². The van der Waals surface area contributed by atoms with Crippen molar-refractivity contribution in [3.8, 4) is 0 Å². The van der Waals surface area contributed by atoms with Gasteiger partial charge in [0.2, 0.25) is 10.0 Å². The van der Waals surface area contributed by atoms with E-state index < -0.39 is 15.8 Å². The number of nitrogens with zero attached hydrogens (tertiary/aromatic N) is 1. The van der Waals surface area contributed by atoms with Gasteiger partial charge in [-0.2, -0.15) is 4.31 Å². The molecule has 0 radical (unpaired) electrons. The molecule has 156 valence electrons. The molecule has 29 heavy (non-hydrogen) atoms. The minimum atomic E-state index is -3.72. The second kappa shape index (κ2) is 9.31. The van der Waals surface area contributed by atoms with Gasteiger partial charge in [-0.25, -0.2) is 12.8 Å². The van der Waals surface area contributed by atoms with E-state index in [1.54, 1.807) is 6.07 Å². The first kappa shape index (κ1) is 22.5. The van der Waals surface area contributed by atoms with Crippen LogP contribution >= 0.6 is 34.8 Å². The summed E-state index contributed by atoms with van der Waals surface area (Å²) in [6.07, 6.45) is 1.61. The van der Waals surface area contributed by atoms with Crippen LogP contribution in [-0.4, -0.2) is 31.6 Å². The molecule has 1 saturated heterocycles. The second-order valence-corrected chi connectivity index (χ2v) is 10.2. The fraction of sp³-hybridized carbons (Fsp3) is 0.350. The van der Waals surface area contributed by atoms with E-state index in [0.29, 0.717) is 24.3 Å². The number of hydrogen-bond donors (Lipinski definition) is 0. The molecular formula is C20H19Cl3FNO3S. The van der Waals surface area contributed by atoms with Crippen molar-refractivity contribution in [3.63, 3.8) is 0 Å². The minimum absolute atomic E-state index is 0.0470. The van der Waals surface area contributed by atoms with Crippen molar-refractivity contribution in [2.75, 3.05) is 13.1 Å². The summed E-state index contributed by atoms with van der Waals surface area (Å²) in [6.45, 7) is 0.500. The average Bonchev–Trinajstić information content (AvgIpc) is 2.66. The van der Waals surface area contributed by atoms with Crippen molar-refractivity contribution in [2.24, 2.45) is 5.92 Å². The van der Waals surface area contributed by atoms with E-state index in [9.17, 15) is 17.6 Å². The van der Waals surface area contributed by atoms with Gasteiger partial charge >= 0.3 is 0 Å². The van der Waals surface area contributed by atoms with E-state index in [-0.39, 0.29) is 46.2 Å². The molecule has 1 aliphatic rings. The lowest BCUT2D eigenvalue weighted by Gasteiger charge is -2.30. The van der Waals surface area contributed by atoms with Crippen molar-refractivity contribution < 1.29 is 17.6 Å². The monoisotopic (exact) mass is 477 g/mol.